The van der Waals surface area contributed by atoms with Crippen molar-refractivity contribution in [3.8, 4) is 22.5 Å². The lowest BCUT2D eigenvalue weighted by molar-refractivity contribution is 0.628. The fraction of sp³-hybridized carbons (Fsp3) is 0.167. The summed E-state index contributed by atoms with van der Waals surface area (Å²) in [5.74, 6) is -0.229. The Morgan fingerprint density at radius 3 is 2.50 bits per heavy atom. The van der Waals surface area contributed by atoms with Crippen LogP contribution in [0, 0.1) is 12.7 Å². The number of rotatable bonds is 2. The van der Waals surface area contributed by atoms with Gasteiger partial charge >= 0.3 is 0 Å². The van der Waals surface area contributed by atoms with E-state index in [9.17, 15) is 4.39 Å². The van der Waals surface area contributed by atoms with E-state index in [0.29, 0.717) is 0 Å². The number of benzene rings is 3. The van der Waals surface area contributed by atoms with Crippen LogP contribution >= 0.6 is 0 Å². The van der Waals surface area contributed by atoms with E-state index in [1.807, 2.05) is 0 Å². The van der Waals surface area contributed by atoms with E-state index in [2.05, 4.69) is 61.5 Å². The number of allylic oxidation sites excluding steroid dienone is 4. The van der Waals surface area contributed by atoms with E-state index in [4.69, 9.17) is 4.98 Å². The second kappa shape index (κ2) is 7.56. The Bertz CT molecular complexity index is 1420. The Morgan fingerprint density at radius 2 is 1.62 bits per heavy atom. The van der Waals surface area contributed by atoms with Crippen LogP contribution < -0.4 is 0 Å². The molecule has 156 valence electrons. The highest BCUT2D eigenvalue weighted by Gasteiger charge is 2.21. The third-order valence-corrected chi connectivity index (χ3v) is 6.89. The molecule has 0 bridgehead atoms. The fourth-order valence-electron chi connectivity index (χ4n) is 5.18. The lowest BCUT2D eigenvalue weighted by Crippen LogP contribution is -2.07. The van der Waals surface area contributed by atoms with Gasteiger partial charge in [0.2, 0.25) is 0 Å². The molecule has 0 unspecified atom stereocenters. The summed E-state index contributed by atoms with van der Waals surface area (Å²) < 4.78 is 13.4. The third-order valence-electron chi connectivity index (χ3n) is 6.89. The van der Waals surface area contributed by atoms with Gasteiger partial charge < -0.3 is 0 Å². The number of hydrogen-bond acceptors (Lipinski definition) is 1. The van der Waals surface area contributed by atoms with Crippen molar-refractivity contribution < 1.29 is 4.39 Å². The minimum Gasteiger partial charge on any atom is -0.248 e. The van der Waals surface area contributed by atoms with Crippen molar-refractivity contribution in [1.29, 1.82) is 0 Å². The van der Waals surface area contributed by atoms with Crippen LogP contribution in [0.15, 0.2) is 84.5 Å². The molecule has 1 heterocycles. The number of hydrogen-bond donors (Lipinski definition) is 0. The Balaban J connectivity index is 1.48. The van der Waals surface area contributed by atoms with Crippen LogP contribution in [0.5, 0.6) is 0 Å². The zero-order valence-corrected chi connectivity index (χ0v) is 18.2. The molecule has 6 rings (SSSR count). The first-order valence-electron chi connectivity index (χ1n) is 11.4. The average Bonchev–Trinajstić information content (AvgIpc) is 2.84. The molecule has 0 aliphatic heterocycles. The number of pyridine rings is 1. The van der Waals surface area contributed by atoms with Gasteiger partial charge in [-0.3, -0.25) is 0 Å². The minimum atomic E-state index is -0.229. The molecule has 0 saturated heterocycles. The van der Waals surface area contributed by atoms with Gasteiger partial charge in [0, 0.05) is 11.1 Å². The van der Waals surface area contributed by atoms with Crippen molar-refractivity contribution in [3.05, 3.63) is 107 Å². The Morgan fingerprint density at radius 1 is 0.812 bits per heavy atom. The number of halogens is 1. The first-order valence-corrected chi connectivity index (χ1v) is 11.4. The Hall–Kier alpha value is -3.52. The summed E-state index contributed by atoms with van der Waals surface area (Å²) in [6, 6.07) is 22.0. The quantitative estimate of drug-likeness (QED) is 0.321. The summed E-state index contributed by atoms with van der Waals surface area (Å²) in [6.45, 7) is 2.05. The Labute approximate surface area is 188 Å². The fourth-order valence-corrected chi connectivity index (χ4v) is 5.18. The first-order chi connectivity index (χ1) is 15.7. The maximum atomic E-state index is 13.4. The van der Waals surface area contributed by atoms with E-state index in [1.54, 1.807) is 17.7 Å². The minimum absolute atomic E-state index is 0.229. The maximum Gasteiger partial charge on any atom is 0.123 e. The lowest BCUT2D eigenvalue weighted by Gasteiger charge is -2.25. The molecule has 0 spiro atoms. The molecule has 0 N–H and O–H groups in total. The zero-order chi connectivity index (χ0) is 21.7. The van der Waals surface area contributed by atoms with Gasteiger partial charge in [0.05, 0.1) is 11.4 Å². The predicted octanol–water partition coefficient (Wildman–Crippen LogP) is 8.07. The smallest absolute Gasteiger partial charge is 0.123 e. The van der Waals surface area contributed by atoms with Crippen molar-refractivity contribution in [3.63, 3.8) is 0 Å². The van der Waals surface area contributed by atoms with Gasteiger partial charge in [-0.1, -0.05) is 48.1 Å². The van der Waals surface area contributed by atoms with E-state index >= 15 is 0 Å². The van der Waals surface area contributed by atoms with Gasteiger partial charge in [-0.2, -0.15) is 0 Å². The van der Waals surface area contributed by atoms with E-state index in [0.717, 1.165) is 40.9 Å². The van der Waals surface area contributed by atoms with E-state index in [1.165, 1.54) is 52.4 Å². The van der Waals surface area contributed by atoms with E-state index in [-0.39, 0.29) is 5.82 Å². The molecule has 0 amide bonds. The first kappa shape index (κ1) is 19.2. The Kier molecular flexibility index (Phi) is 4.53. The van der Waals surface area contributed by atoms with Crippen LogP contribution in [0.1, 0.15) is 36.0 Å². The summed E-state index contributed by atoms with van der Waals surface area (Å²) in [5.41, 5.74) is 10.9. The largest absolute Gasteiger partial charge is 0.248 e. The second-order valence-corrected chi connectivity index (χ2v) is 8.85. The van der Waals surface area contributed by atoms with Crippen LogP contribution in [-0.4, -0.2) is 4.98 Å². The standard InChI is InChI=1S/C30H24FN/c1-19-6-17-29(32-30(19)22-9-13-24(31)14-10-22)23-8-7-21-12-15-26-25-5-3-2-4-20(25)11-16-27(26)28(21)18-23/h3,5-10,12-15,17-18H,2,4,11,16H2,1H3. The van der Waals surface area contributed by atoms with Gasteiger partial charge in [0.15, 0.2) is 0 Å². The van der Waals surface area contributed by atoms with Crippen LogP contribution in [0.2, 0.25) is 0 Å². The summed E-state index contributed by atoms with van der Waals surface area (Å²) in [6.07, 6.45) is 9.26. The monoisotopic (exact) mass is 417 g/mol. The molecule has 2 aliphatic rings. The van der Waals surface area contributed by atoms with Gasteiger partial charge in [-0.05, 0) is 102 Å². The van der Waals surface area contributed by atoms with Gasteiger partial charge in [0.1, 0.15) is 5.82 Å². The molecule has 3 aromatic carbocycles. The highest BCUT2D eigenvalue weighted by molar-refractivity contribution is 5.96. The topological polar surface area (TPSA) is 12.9 Å². The van der Waals surface area contributed by atoms with Crippen LogP contribution in [0.3, 0.4) is 0 Å². The maximum absolute atomic E-state index is 13.4. The summed E-state index contributed by atoms with van der Waals surface area (Å²) in [5, 5.41) is 2.61. The molecule has 2 heteroatoms. The highest BCUT2D eigenvalue weighted by Crippen LogP contribution is 2.40. The third kappa shape index (κ3) is 3.18. The number of aryl methyl sites for hydroxylation is 2. The number of aromatic nitrogens is 1. The van der Waals surface area contributed by atoms with Crippen molar-refractivity contribution in [2.24, 2.45) is 0 Å². The number of fused-ring (bicyclic) bond motifs is 4. The molecule has 1 nitrogen and oxygen atoms in total. The van der Waals surface area contributed by atoms with Crippen molar-refractivity contribution in [1.82, 2.24) is 4.98 Å². The van der Waals surface area contributed by atoms with Gasteiger partial charge in [-0.15, -0.1) is 0 Å². The molecular formula is C30H24FN. The van der Waals surface area contributed by atoms with Crippen molar-refractivity contribution in [2.75, 3.05) is 0 Å². The van der Waals surface area contributed by atoms with Crippen LogP contribution in [-0.2, 0) is 6.42 Å². The lowest BCUT2D eigenvalue weighted by atomic mass is 9.79. The predicted molar refractivity (Wildman–Crippen MR) is 131 cm³/mol. The summed E-state index contributed by atoms with van der Waals surface area (Å²) in [7, 11) is 0. The average molecular weight is 418 g/mol. The van der Waals surface area contributed by atoms with Crippen molar-refractivity contribution >= 4 is 16.3 Å². The van der Waals surface area contributed by atoms with Crippen LogP contribution in [0.4, 0.5) is 4.39 Å². The number of nitrogens with zero attached hydrogens (tertiary/aromatic N) is 1. The molecule has 1 aromatic heterocycles. The molecule has 2 aliphatic carbocycles. The molecule has 0 saturated carbocycles. The highest BCUT2D eigenvalue weighted by atomic mass is 19.1. The summed E-state index contributed by atoms with van der Waals surface area (Å²) in [4.78, 5) is 4.98. The van der Waals surface area contributed by atoms with Crippen molar-refractivity contribution in [2.45, 2.75) is 32.6 Å². The molecule has 0 radical (unpaired) electrons. The van der Waals surface area contributed by atoms with E-state index < -0.39 is 0 Å². The molecule has 0 fully saturated rings. The van der Waals surface area contributed by atoms with Gasteiger partial charge in [0.25, 0.3) is 0 Å². The molecule has 0 atom stereocenters. The summed E-state index contributed by atoms with van der Waals surface area (Å²) >= 11 is 0. The SMILES string of the molecule is Cc1ccc(-c2ccc3ccc4c(c3c2)CCC2=C4C=CCC2)nc1-c1ccc(F)cc1. The zero-order valence-electron chi connectivity index (χ0n) is 18.2. The molecule has 32 heavy (non-hydrogen) atoms. The molecule has 4 aromatic rings. The normalized spacial score (nSPS) is 15.1. The second-order valence-electron chi connectivity index (χ2n) is 8.85. The van der Waals surface area contributed by atoms with Crippen LogP contribution in [0.25, 0.3) is 38.9 Å². The molecular weight excluding hydrogens is 393 g/mol. The van der Waals surface area contributed by atoms with Gasteiger partial charge in [-0.25, -0.2) is 9.37 Å².